The van der Waals surface area contributed by atoms with Crippen molar-refractivity contribution in [3.05, 3.63) is 78.0 Å². The number of rotatable bonds is 3. The Labute approximate surface area is 166 Å². The number of carbonyl (C=O) groups excluding carboxylic acids is 1. The molecule has 1 heterocycles. The highest BCUT2D eigenvalue weighted by Gasteiger charge is 2.15. The molecule has 28 heavy (non-hydrogen) atoms. The van der Waals surface area contributed by atoms with Gasteiger partial charge < -0.3 is 11.5 Å². The molecule has 3 aromatic carbocycles. The third kappa shape index (κ3) is 3.37. The summed E-state index contributed by atoms with van der Waals surface area (Å²) in [5.74, 6) is -0.702. The third-order valence-electron chi connectivity index (χ3n) is 4.42. The van der Waals surface area contributed by atoms with Gasteiger partial charge >= 0.3 is 0 Å². The quantitative estimate of drug-likeness (QED) is 0.404. The summed E-state index contributed by atoms with van der Waals surface area (Å²) < 4.78 is 0. The average molecular weight is 386 g/mol. The van der Waals surface area contributed by atoms with E-state index in [9.17, 15) is 4.79 Å². The number of nitrogens with zero attached hydrogens (tertiary/aromatic N) is 2. The average Bonchev–Trinajstić information content (AvgIpc) is 3.09. The molecule has 1 amide bonds. The number of carbonyl (C=O) groups is 1. The first kappa shape index (κ1) is 17.9. The number of fused-ring (bicyclic) bond motifs is 1. The summed E-state index contributed by atoms with van der Waals surface area (Å²) in [7, 11) is 0. The molecular weight excluding hydrogens is 368 g/mol. The van der Waals surface area contributed by atoms with Gasteiger partial charge in [-0.05, 0) is 29.8 Å². The van der Waals surface area contributed by atoms with Crippen LogP contribution in [-0.4, -0.2) is 16.9 Å². The molecule has 0 aliphatic carbocycles. The van der Waals surface area contributed by atoms with Gasteiger partial charge in [-0.25, -0.2) is 4.98 Å². The Balaban J connectivity index is 1.86. The van der Waals surface area contributed by atoms with Crippen molar-refractivity contribution in [2.45, 2.75) is 6.92 Å². The number of benzene rings is 3. The Morgan fingerprint density at radius 2 is 1.79 bits per heavy atom. The van der Waals surface area contributed by atoms with Crippen LogP contribution in [0.4, 0.5) is 0 Å². The van der Waals surface area contributed by atoms with Crippen LogP contribution >= 0.6 is 11.3 Å². The van der Waals surface area contributed by atoms with Crippen molar-refractivity contribution >= 4 is 34.0 Å². The van der Waals surface area contributed by atoms with Gasteiger partial charge in [0.2, 0.25) is 0 Å². The lowest BCUT2D eigenvalue weighted by Gasteiger charge is -2.07. The molecule has 0 aliphatic heterocycles. The highest BCUT2D eigenvalue weighted by atomic mass is 32.1. The molecule has 4 aromatic rings. The van der Waals surface area contributed by atoms with Crippen molar-refractivity contribution in [3.8, 4) is 21.0 Å². The molecule has 138 valence electrons. The highest BCUT2D eigenvalue weighted by Crippen LogP contribution is 2.38. The van der Waals surface area contributed by atoms with Crippen LogP contribution < -0.4 is 11.5 Å². The molecule has 0 saturated heterocycles. The van der Waals surface area contributed by atoms with E-state index in [1.165, 1.54) is 0 Å². The molecule has 0 radical (unpaired) electrons. The van der Waals surface area contributed by atoms with Crippen molar-refractivity contribution in [3.63, 3.8) is 0 Å². The third-order valence-corrected chi connectivity index (χ3v) is 5.66. The Morgan fingerprint density at radius 1 is 1.00 bits per heavy atom. The summed E-state index contributed by atoms with van der Waals surface area (Å²) >= 11 is 1.64. The first-order chi connectivity index (χ1) is 13.5. The topological polar surface area (TPSA) is 94.4 Å². The zero-order chi connectivity index (χ0) is 19.7. The molecule has 1 aromatic heterocycles. The Bertz CT molecular complexity index is 1210. The van der Waals surface area contributed by atoms with E-state index in [-0.39, 0.29) is 5.96 Å². The van der Waals surface area contributed by atoms with E-state index in [1.807, 2.05) is 55.5 Å². The predicted molar refractivity (Wildman–Crippen MR) is 115 cm³/mol. The van der Waals surface area contributed by atoms with Crippen LogP contribution in [0.15, 0.2) is 71.7 Å². The van der Waals surface area contributed by atoms with E-state index in [0.717, 1.165) is 37.5 Å². The van der Waals surface area contributed by atoms with Crippen LogP contribution in [0.1, 0.15) is 16.1 Å². The molecule has 6 heteroatoms. The minimum atomic E-state index is -0.456. The molecule has 0 fully saturated rings. The maximum Gasteiger partial charge on any atom is 0.280 e. The smallest absolute Gasteiger partial charge is 0.280 e. The first-order valence-corrected chi connectivity index (χ1v) is 9.54. The number of aryl methyl sites for hydroxylation is 1. The van der Waals surface area contributed by atoms with E-state index in [1.54, 1.807) is 17.4 Å². The number of hydrogen-bond acceptors (Lipinski definition) is 3. The van der Waals surface area contributed by atoms with Gasteiger partial charge in [0.1, 0.15) is 5.01 Å². The lowest BCUT2D eigenvalue weighted by molar-refractivity contribution is 0.100. The Kier molecular flexibility index (Phi) is 4.63. The normalized spacial score (nSPS) is 10.8. The summed E-state index contributed by atoms with van der Waals surface area (Å²) in [5.41, 5.74) is 14.2. The number of thiazole rings is 1. The first-order valence-electron chi connectivity index (χ1n) is 8.73. The van der Waals surface area contributed by atoms with Crippen LogP contribution in [0.25, 0.3) is 31.8 Å². The van der Waals surface area contributed by atoms with Crippen molar-refractivity contribution in [2.75, 3.05) is 0 Å². The molecule has 4 rings (SSSR count). The second-order valence-corrected chi connectivity index (χ2v) is 7.38. The molecule has 0 aliphatic rings. The number of aromatic nitrogens is 1. The number of amides is 1. The fourth-order valence-electron chi connectivity index (χ4n) is 3.14. The second kappa shape index (κ2) is 7.25. The minimum Gasteiger partial charge on any atom is -0.370 e. The van der Waals surface area contributed by atoms with Crippen molar-refractivity contribution < 1.29 is 4.79 Å². The fourth-order valence-corrected chi connectivity index (χ4v) is 4.25. The molecule has 0 saturated carbocycles. The van der Waals surface area contributed by atoms with Crippen LogP contribution in [0.3, 0.4) is 0 Å². The summed E-state index contributed by atoms with van der Waals surface area (Å²) in [6.45, 7) is 2.01. The van der Waals surface area contributed by atoms with Gasteiger partial charge in [0.05, 0.1) is 10.6 Å². The van der Waals surface area contributed by atoms with Crippen LogP contribution in [-0.2, 0) is 0 Å². The van der Waals surface area contributed by atoms with Crippen molar-refractivity contribution in [1.82, 2.24) is 4.98 Å². The van der Waals surface area contributed by atoms with Gasteiger partial charge in [-0.3, -0.25) is 4.79 Å². The summed E-state index contributed by atoms with van der Waals surface area (Å²) in [6.07, 6.45) is 0. The van der Waals surface area contributed by atoms with Crippen LogP contribution in [0.2, 0.25) is 0 Å². The van der Waals surface area contributed by atoms with Crippen molar-refractivity contribution in [2.24, 2.45) is 16.5 Å². The number of guanidine groups is 1. The van der Waals surface area contributed by atoms with Crippen molar-refractivity contribution in [1.29, 1.82) is 0 Å². The summed E-state index contributed by atoms with van der Waals surface area (Å²) in [6, 6.07) is 21.7. The van der Waals surface area contributed by atoms with Gasteiger partial charge in [-0.2, -0.15) is 4.99 Å². The van der Waals surface area contributed by atoms with E-state index < -0.39 is 5.91 Å². The van der Waals surface area contributed by atoms with Gasteiger partial charge in [0, 0.05) is 16.7 Å². The maximum atomic E-state index is 12.2. The molecular formula is C22H18N4OS. The number of nitrogens with two attached hydrogens (primary N) is 2. The lowest BCUT2D eigenvalue weighted by Crippen LogP contribution is -2.24. The zero-order valence-corrected chi connectivity index (χ0v) is 16.0. The minimum absolute atomic E-state index is 0.246. The van der Waals surface area contributed by atoms with Gasteiger partial charge in [-0.15, -0.1) is 11.3 Å². The van der Waals surface area contributed by atoms with Gasteiger partial charge in [-0.1, -0.05) is 54.6 Å². The Hall–Kier alpha value is -3.51. The molecule has 5 nitrogen and oxygen atoms in total. The molecule has 0 unspecified atom stereocenters. The van der Waals surface area contributed by atoms with Gasteiger partial charge in [0.15, 0.2) is 5.96 Å². The largest absolute Gasteiger partial charge is 0.370 e. The van der Waals surface area contributed by atoms with E-state index in [2.05, 4.69) is 17.1 Å². The summed E-state index contributed by atoms with van der Waals surface area (Å²) in [4.78, 5) is 21.7. The zero-order valence-electron chi connectivity index (χ0n) is 15.2. The molecule has 0 spiro atoms. The number of hydrogen-bond donors (Lipinski definition) is 2. The standard InChI is InChI=1S/C22H18N4OS/c1-13-19(28-21(25-13)15-6-3-2-4-7-15)17-9-5-8-14-10-11-16(12-18(14)17)20(27)26-22(23)24/h2-12H,1H3,(H4,23,24,26,27). The number of aliphatic imine (C=N–C) groups is 1. The summed E-state index contributed by atoms with van der Waals surface area (Å²) in [5, 5.41) is 2.97. The monoisotopic (exact) mass is 386 g/mol. The molecule has 0 bridgehead atoms. The van der Waals surface area contributed by atoms with Crippen LogP contribution in [0, 0.1) is 6.92 Å². The van der Waals surface area contributed by atoms with E-state index >= 15 is 0 Å². The predicted octanol–water partition coefficient (Wildman–Crippen LogP) is 4.35. The SMILES string of the molecule is Cc1nc(-c2ccccc2)sc1-c1cccc2ccc(C(=O)N=C(N)N)cc12. The van der Waals surface area contributed by atoms with Crippen LogP contribution in [0.5, 0.6) is 0 Å². The van der Waals surface area contributed by atoms with Gasteiger partial charge in [0.25, 0.3) is 5.91 Å². The molecule has 4 N–H and O–H groups in total. The molecule has 0 atom stereocenters. The van der Waals surface area contributed by atoms with E-state index in [4.69, 9.17) is 16.5 Å². The Morgan fingerprint density at radius 3 is 2.54 bits per heavy atom. The lowest BCUT2D eigenvalue weighted by atomic mass is 10.00. The fraction of sp³-hybridized carbons (Fsp3) is 0.0455. The maximum absolute atomic E-state index is 12.2. The second-order valence-electron chi connectivity index (χ2n) is 6.38. The van der Waals surface area contributed by atoms with E-state index in [0.29, 0.717) is 5.56 Å². The highest BCUT2D eigenvalue weighted by molar-refractivity contribution is 7.18.